The van der Waals surface area contributed by atoms with Crippen molar-refractivity contribution in [2.24, 2.45) is 5.73 Å². The van der Waals surface area contributed by atoms with Crippen molar-refractivity contribution in [3.8, 4) is 0 Å². The first-order valence-electron chi connectivity index (χ1n) is 2.83. The Bertz CT molecular complexity index is 205. The van der Waals surface area contributed by atoms with Gasteiger partial charge in [-0.1, -0.05) is 0 Å². The van der Waals surface area contributed by atoms with Gasteiger partial charge in [-0.2, -0.15) is 0 Å². The molecule has 0 saturated heterocycles. The lowest BCUT2D eigenvalue weighted by Gasteiger charge is -1.98. The first-order valence-corrected chi connectivity index (χ1v) is 2.83. The van der Waals surface area contributed by atoms with Gasteiger partial charge in [-0.15, -0.1) is 0 Å². The molecule has 6 heteroatoms. The molecule has 6 nitrogen and oxygen atoms in total. The van der Waals surface area contributed by atoms with E-state index in [2.05, 4.69) is 5.32 Å². The number of nitrogens with one attached hydrogen (secondary N) is 1. The Hall–Kier alpha value is -1.59. The van der Waals surface area contributed by atoms with E-state index in [0.717, 1.165) is 0 Å². The van der Waals surface area contributed by atoms with Crippen LogP contribution < -0.4 is 11.1 Å². The third-order valence-electron chi connectivity index (χ3n) is 1.15. The molecule has 0 aromatic heterocycles. The van der Waals surface area contributed by atoms with Crippen LogP contribution in [0, 0.1) is 10.1 Å². The summed E-state index contributed by atoms with van der Waals surface area (Å²) in [5.41, 5.74) is 4.29. The molecule has 1 amide bonds. The molecule has 0 aromatic rings. The van der Waals surface area contributed by atoms with Gasteiger partial charge in [0.05, 0.1) is 10.6 Å². The van der Waals surface area contributed by atoms with Gasteiger partial charge in [0.2, 0.25) is 0 Å². The van der Waals surface area contributed by atoms with Crippen LogP contribution in [0.4, 0.5) is 0 Å². The van der Waals surface area contributed by atoms with E-state index in [9.17, 15) is 14.9 Å². The van der Waals surface area contributed by atoms with Crippen LogP contribution in [0.25, 0.3) is 0 Å². The summed E-state index contributed by atoms with van der Waals surface area (Å²) in [4.78, 5) is 19.8. The number of rotatable bonds is 3. The van der Waals surface area contributed by atoms with Crippen LogP contribution in [-0.4, -0.2) is 17.9 Å². The summed E-state index contributed by atoms with van der Waals surface area (Å²) >= 11 is 0. The van der Waals surface area contributed by atoms with Crippen LogP contribution in [-0.2, 0) is 4.79 Å². The molecule has 0 unspecified atom stereocenters. The highest BCUT2D eigenvalue weighted by Crippen LogP contribution is 1.99. The van der Waals surface area contributed by atoms with E-state index in [4.69, 9.17) is 5.73 Å². The van der Waals surface area contributed by atoms with Crippen molar-refractivity contribution < 1.29 is 9.72 Å². The summed E-state index contributed by atoms with van der Waals surface area (Å²) in [6.45, 7) is 1.41. The van der Waals surface area contributed by atoms with Crippen molar-refractivity contribution >= 4 is 5.91 Å². The third kappa shape index (κ3) is 2.24. The van der Waals surface area contributed by atoms with Gasteiger partial charge in [0.15, 0.2) is 0 Å². The average molecular weight is 159 g/mol. The minimum Gasteiger partial charge on any atom is -0.386 e. The molecular formula is C5H9N3O3. The van der Waals surface area contributed by atoms with Crippen molar-refractivity contribution in [1.29, 1.82) is 0 Å². The number of carbonyl (C=O) groups is 1. The molecular weight excluding hydrogens is 150 g/mol. The monoisotopic (exact) mass is 159 g/mol. The van der Waals surface area contributed by atoms with Gasteiger partial charge in [-0.25, -0.2) is 0 Å². The molecule has 62 valence electrons. The van der Waals surface area contributed by atoms with Crippen LogP contribution in [0.2, 0.25) is 0 Å². The molecule has 3 N–H and O–H groups in total. The zero-order chi connectivity index (χ0) is 9.02. The molecule has 0 rings (SSSR count). The van der Waals surface area contributed by atoms with Crippen molar-refractivity contribution in [3.05, 3.63) is 21.5 Å². The fourth-order valence-corrected chi connectivity index (χ4v) is 0.530. The molecule has 0 saturated carbocycles. The summed E-state index contributed by atoms with van der Waals surface area (Å²) in [6, 6.07) is 0. The lowest BCUT2D eigenvalue weighted by molar-refractivity contribution is -0.420. The van der Waals surface area contributed by atoms with Gasteiger partial charge < -0.3 is 11.1 Å². The smallest absolute Gasteiger partial charge is 0.351 e. The van der Waals surface area contributed by atoms with Crippen LogP contribution in [0.1, 0.15) is 6.92 Å². The Labute approximate surface area is 63.2 Å². The van der Waals surface area contributed by atoms with E-state index in [1.54, 1.807) is 0 Å². The quantitative estimate of drug-likeness (QED) is 0.320. The van der Waals surface area contributed by atoms with Crippen molar-refractivity contribution in [2.75, 3.05) is 7.05 Å². The third-order valence-corrected chi connectivity index (χ3v) is 1.15. The zero-order valence-corrected chi connectivity index (χ0v) is 6.25. The Morgan fingerprint density at radius 1 is 1.64 bits per heavy atom. The number of nitro groups is 1. The minimum atomic E-state index is -1.04. The summed E-state index contributed by atoms with van der Waals surface area (Å²) in [5, 5.41) is 12.6. The molecule has 0 heterocycles. The largest absolute Gasteiger partial charge is 0.386 e. The Balaban J connectivity index is 4.88. The molecule has 0 aromatic carbocycles. The highest BCUT2D eigenvalue weighted by molar-refractivity contribution is 5.89. The van der Waals surface area contributed by atoms with E-state index in [1.807, 2.05) is 0 Å². The first-order chi connectivity index (χ1) is 5.00. The number of amides is 1. The van der Waals surface area contributed by atoms with E-state index >= 15 is 0 Å². The number of nitrogens with two attached hydrogens (primary N) is 1. The van der Waals surface area contributed by atoms with E-state index < -0.39 is 16.5 Å². The van der Waals surface area contributed by atoms with Gasteiger partial charge in [-0.3, -0.25) is 14.9 Å². The highest BCUT2D eigenvalue weighted by atomic mass is 16.6. The SMILES string of the molecule is CN/C(C)=C(\C(N)=O)[N+](=O)[O-]. The predicted molar refractivity (Wildman–Crippen MR) is 37.9 cm³/mol. The first kappa shape index (κ1) is 9.41. The minimum absolute atomic E-state index is 0.155. The van der Waals surface area contributed by atoms with Crippen molar-refractivity contribution in [1.82, 2.24) is 5.32 Å². The number of carbonyl (C=O) groups excluding carboxylic acids is 1. The molecule has 11 heavy (non-hydrogen) atoms. The van der Waals surface area contributed by atoms with Crippen LogP contribution in [0.5, 0.6) is 0 Å². The average Bonchev–Trinajstić information content (AvgIpc) is 1.85. The van der Waals surface area contributed by atoms with Gasteiger partial charge in [0, 0.05) is 7.05 Å². The standard InChI is InChI=1S/C5H9N3O3/c1-3(7-2)4(5(6)9)8(10)11/h7H,1-2H3,(H2,6,9)/b4-3+. The van der Waals surface area contributed by atoms with E-state index in [0.29, 0.717) is 0 Å². The molecule has 0 fully saturated rings. The van der Waals surface area contributed by atoms with Gasteiger partial charge in [0.25, 0.3) is 0 Å². The molecule has 0 aliphatic carbocycles. The topological polar surface area (TPSA) is 98.3 Å². The second-order valence-corrected chi connectivity index (χ2v) is 1.84. The summed E-state index contributed by atoms with van der Waals surface area (Å²) < 4.78 is 0. The predicted octanol–water partition coefficient (Wildman–Crippen LogP) is -0.801. The van der Waals surface area contributed by atoms with Gasteiger partial charge in [-0.05, 0) is 6.92 Å². The lowest BCUT2D eigenvalue weighted by atomic mass is 10.3. The Morgan fingerprint density at radius 3 is 2.18 bits per heavy atom. The van der Waals surface area contributed by atoms with Crippen LogP contribution in [0.3, 0.4) is 0 Å². The van der Waals surface area contributed by atoms with Crippen LogP contribution >= 0.6 is 0 Å². The normalized spacial score (nSPS) is 11.8. The molecule has 0 aliphatic heterocycles. The summed E-state index contributed by atoms with van der Waals surface area (Å²) in [6.07, 6.45) is 0. The molecule has 0 radical (unpaired) electrons. The number of primary amides is 1. The fraction of sp³-hybridized carbons (Fsp3) is 0.400. The number of hydrogen-bond donors (Lipinski definition) is 2. The van der Waals surface area contributed by atoms with E-state index in [-0.39, 0.29) is 5.70 Å². The lowest BCUT2D eigenvalue weighted by Crippen LogP contribution is -2.24. The van der Waals surface area contributed by atoms with Gasteiger partial charge >= 0.3 is 11.6 Å². The maximum absolute atomic E-state index is 10.4. The Kier molecular flexibility index (Phi) is 3.03. The fourth-order valence-electron chi connectivity index (χ4n) is 0.530. The second kappa shape index (κ2) is 3.55. The second-order valence-electron chi connectivity index (χ2n) is 1.84. The summed E-state index contributed by atoms with van der Waals surface area (Å²) in [5.74, 6) is -1.04. The number of allylic oxidation sites excluding steroid dienone is 1. The van der Waals surface area contributed by atoms with Crippen LogP contribution in [0.15, 0.2) is 11.4 Å². The summed E-state index contributed by atoms with van der Waals surface area (Å²) in [7, 11) is 1.47. The number of hydrogen-bond acceptors (Lipinski definition) is 4. The molecule has 0 spiro atoms. The molecule has 0 atom stereocenters. The van der Waals surface area contributed by atoms with E-state index in [1.165, 1.54) is 14.0 Å². The number of nitrogens with zero attached hydrogens (tertiary/aromatic N) is 1. The van der Waals surface area contributed by atoms with Crippen molar-refractivity contribution in [3.63, 3.8) is 0 Å². The zero-order valence-electron chi connectivity index (χ0n) is 6.25. The molecule has 0 bridgehead atoms. The van der Waals surface area contributed by atoms with Crippen molar-refractivity contribution in [2.45, 2.75) is 6.92 Å². The maximum atomic E-state index is 10.4. The van der Waals surface area contributed by atoms with Gasteiger partial charge in [0.1, 0.15) is 0 Å². The Morgan fingerprint density at radius 2 is 2.09 bits per heavy atom. The molecule has 0 aliphatic rings. The maximum Gasteiger partial charge on any atom is 0.351 e. The highest BCUT2D eigenvalue weighted by Gasteiger charge is 2.21.